The van der Waals surface area contributed by atoms with Gasteiger partial charge >= 0.3 is 0 Å². The minimum absolute atomic E-state index is 0.192. The number of hydrogen-bond donors (Lipinski definition) is 3. The number of H-pyrrole nitrogens is 1. The predicted molar refractivity (Wildman–Crippen MR) is 102 cm³/mol. The summed E-state index contributed by atoms with van der Waals surface area (Å²) in [5.41, 5.74) is 7.09. The van der Waals surface area contributed by atoms with Crippen molar-refractivity contribution in [3.63, 3.8) is 0 Å². The quantitative estimate of drug-likeness (QED) is 0.632. The number of hydrogen-bond acceptors (Lipinski definition) is 5. The van der Waals surface area contributed by atoms with E-state index in [1.54, 1.807) is 31.3 Å². The highest BCUT2D eigenvalue weighted by atomic mass is 16.3. The van der Waals surface area contributed by atoms with Crippen LogP contribution < -0.4 is 5.73 Å². The molecule has 0 spiro atoms. The molecule has 2 amide bonds. The van der Waals surface area contributed by atoms with E-state index in [4.69, 9.17) is 5.73 Å². The zero-order valence-electron chi connectivity index (χ0n) is 15.2. The molecule has 1 fully saturated rings. The van der Waals surface area contributed by atoms with Gasteiger partial charge < -0.3 is 15.7 Å². The topological polar surface area (TPSA) is 125 Å². The summed E-state index contributed by atoms with van der Waals surface area (Å²) in [5.74, 6) is -0.942. The van der Waals surface area contributed by atoms with E-state index in [1.807, 2.05) is 24.3 Å². The summed E-state index contributed by atoms with van der Waals surface area (Å²) in [6, 6.07) is 14.3. The number of aromatic nitrogens is 3. The molecule has 2 aromatic heterocycles. The van der Waals surface area contributed by atoms with Crippen LogP contribution in [0.5, 0.6) is 0 Å². The molecule has 0 aliphatic carbocycles. The summed E-state index contributed by atoms with van der Waals surface area (Å²) >= 11 is 0. The Hall–Kier alpha value is -3.52. The van der Waals surface area contributed by atoms with Crippen molar-refractivity contribution in [3.05, 3.63) is 59.9 Å². The molecule has 3 aromatic rings. The maximum absolute atomic E-state index is 12.3. The number of carbonyl (C=O) groups is 2. The van der Waals surface area contributed by atoms with Crippen LogP contribution in [0.3, 0.4) is 0 Å². The summed E-state index contributed by atoms with van der Waals surface area (Å²) < 4.78 is 0. The lowest BCUT2D eigenvalue weighted by Crippen LogP contribution is -2.36. The molecular weight excluding hydrogens is 358 g/mol. The largest absolute Gasteiger partial charge is 0.374 e. The summed E-state index contributed by atoms with van der Waals surface area (Å²) in [7, 11) is 1.66. The van der Waals surface area contributed by atoms with E-state index in [-0.39, 0.29) is 11.6 Å². The molecule has 0 unspecified atom stereocenters. The van der Waals surface area contributed by atoms with Gasteiger partial charge in [0.25, 0.3) is 11.8 Å². The lowest BCUT2D eigenvalue weighted by Gasteiger charge is -2.17. The first-order valence-electron chi connectivity index (χ1n) is 8.80. The second-order valence-corrected chi connectivity index (χ2v) is 6.86. The maximum atomic E-state index is 12.3. The first-order valence-corrected chi connectivity index (χ1v) is 8.80. The van der Waals surface area contributed by atoms with Gasteiger partial charge in [-0.05, 0) is 24.3 Å². The van der Waals surface area contributed by atoms with Gasteiger partial charge in [-0.15, -0.1) is 0 Å². The summed E-state index contributed by atoms with van der Waals surface area (Å²) in [4.78, 5) is 29.4. The standard InChI is InChI=1S/C20H19N5O3/c1-25-9-8-20(28,19(25)27)17-11-16(23-24-17)13-5-2-4-12(10-13)14-6-3-7-15(22-14)18(21)26/h2-7,10-11,28H,8-9H2,1H3,(H2,21,26)(H,23,24)/t20-/m1/s1. The zero-order chi connectivity index (χ0) is 19.9. The van der Waals surface area contributed by atoms with Crippen LogP contribution in [-0.4, -0.2) is 50.6 Å². The molecule has 1 saturated heterocycles. The van der Waals surface area contributed by atoms with Crippen molar-refractivity contribution in [1.29, 1.82) is 0 Å². The molecule has 3 heterocycles. The fourth-order valence-electron chi connectivity index (χ4n) is 3.35. The van der Waals surface area contributed by atoms with E-state index < -0.39 is 11.5 Å². The van der Waals surface area contributed by atoms with Gasteiger partial charge in [0.15, 0.2) is 5.60 Å². The third-order valence-electron chi connectivity index (χ3n) is 4.98. The van der Waals surface area contributed by atoms with Crippen molar-refractivity contribution in [2.75, 3.05) is 13.6 Å². The van der Waals surface area contributed by atoms with Gasteiger partial charge in [-0.3, -0.25) is 14.7 Å². The van der Waals surface area contributed by atoms with E-state index in [9.17, 15) is 14.7 Å². The molecule has 1 atom stereocenters. The Balaban J connectivity index is 1.68. The number of pyridine rings is 1. The molecule has 8 nitrogen and oxygen atoms in total. The second kappa shape index (κ2) is 6.58. The number of aromatic amines is 1. The molecule has 4 N–H and O–H groups in total. The smallest absolute Gasteiger partial charge is 0.267 e. The van der Waals surface area contributed by atoms with Gasteiger partial charge in [0, 0.05) is 31.1 Å². The number of nitrogens with zero attached hydrogens (tertiary/aromatic N) is 3. The first-order chi connectivity index (χ1) is 13.4. The molecule has 0 bridgehead atoms. The van der Waals surface area contributed by atoms with Crippen molar-refractivity contribution >= 4 is 11.8 Å². The number of likely N-dealkylation sites (tertiary alicyclic amines) is 1. The second-order valence-electron chi connectivity index (χ2n) is 6.86. The van der Waals surface area contributed by atoms with E-state index in [0.717, 1.165) is 11.1 Å². The molecule has 1 aromatic carbocycles. The molecule has 28 heavy (non-hydrogen) atoms. The van der Waals surface area contributed by atoms with Crippen molar-refractivity contribution in [2.24, 2.45) is 5.73 Å². The molecule has 4 rings (SSSR count). The average Bonchev–Trinajstić information content (AvgIpc) is 3.31. The number of likely N-dealkylation sites (N-methyl/N-ethyl adjacent to an activating group) is 1. The van der Waals surface area contributed by atoms with E-state index in [0.29, 0.717) is 30.0 Å². The monoisotopic (exact) mass is 377 g/mol. The van der Waals surface area contributed by atoms with Gasteiger partial charge in [-0.1, -0.05) is 24.3 Å². The Bertz CT molecular complexity index is 1080. The Morgan fingerprint density at radius 3 is 2.68 bits per heavy atom. The van der Waals surface area contributed by atoms with Gasteiger partial charge in [-0.25, -0.2) is 4.98 Å². The Morgan fingerprint density at radius 1 is 1.21 bits per heavy atom. The van der Waals surface area contributed by atoms with Crippen molar-refractivity contribution < 1.29 is 14.7 Å². The summed E-state index contributed by atoms with van der Waals surface area (Å²) in [6.45, 7) is 0.481. The minimum atomic E-state index is -1.60. The first kappa shape index (κ1) is 17.9. The fraction of sp³-hybridized carbons (Fsp3) is 0.200. The lowest BCUT2D eigenvalue weighted by atomic mass is 9.97. The highest BCUT2D eigenvalue weighted by Crippen LogP contribution is 2.33. The van der Waals surface area contributed by atoms with Crippen molar-refractivity contribution in [2.45, 2.75) is 12.0 Å². The van der Waals surface area contributed by atoms with Crippen LogP contribution in [0.4, 0.5) is 0 Å². The van der Waals surface area contributed by atoms with Crippen LogP contribution in [0.2, 0.25) is 0 Å². The van der Waals surface area contributed by atoms with E-state index in [1.165, 1.54) is 4.90 Å². The SMILES string of the molecule is CN1CC[C@@](O)(c2cc(-c3cccc(-c4cccc(C(N)=O)n4)c3)[nH]n2)C1=O. The number of carbonyl (C=O) groups excluding carboxylic acids is 2. The highest BCUT2D eigenvalue weighted by Gasteiger charge is 2.47. The van der Waals surface area contributed by atoms with Crippen LogP contribution in [-0.2, 0) is 10.4 Å². The zero-order valence-corrected chi connectivity index (χ0v) is 15.2. The number of nitrogens with two attached hydrogens (primary N) is 1. The number of aliphatic hydroxyl groups is 1. The number of rotatable bonds is 4. The van der Waals surface area contributed by atoms with Crippen LogP contribution in [0, 0.1) is 0 Å². The lowest BCUT2D eigenvalue weighted by molar-refractivity contribution is -0.143. The van der Waals surface area contributed by atoms with Crippen LogP contribution in [0.15, 0.2) is 48.5 Å². The Labute approximate surface area is 161 Å². The van der Waals surface area contributed by atoms with Crippen LogP contribution in [0.25, 0.3) is 22.5 Å². The van der Waals surface area contributed by atoms with Crippen LogP contribution in [0.1, 0.15) is 22.6 Å². The molecule has 1 aliphatic rings. The molecule has 0 saturated carbocycles. The number of nitrogens with one attached hydrogen (secondary N) is 1. The molecule has 142 valence electrons. The molecule has 1 aliphatic heterocycles. The van der Waals surface area contributed by atoms with Gasteiger partial charge in [0.05, 0.1) is 11.4 Å². The number of benzene rings is 1. The predicted octanol–water partition coefficient (Wildman–Crippen LogP) is 1.29. The maximum Gasteiger partial charge on any atom is 0.267 e. The normalized spacial score (nSPS) is 19.2. The van der Waals surface area contributed by atoms with Gasteiger partial charge in [0.2, 0.25) is 0 Å². The average molecular weight is 377 g/mol. The fourth-order valence-corrected chi connectivity index (χ4v) is 3.35. The van der Waals surface area contributed by atoms with E-state index >= 15 is 0 Å². The minimum Gasteiger partial charge on any atom is -0.374 e. The number of amides is 2. The van der Waals surface area contributed by atoms with Crippen molar-refractivity contribution in [3.8, 4) is 22.5 Å². The summed E-state index contributed by atoms with van der Waals surface area (Å²) in [5, 5.41) is 17.8. The molecule has 8 heteroatoms. The van der Waals surface area contributed by atoms with Crippen LogP contribution >= 0.6 is 0 Å². The Morgan fingerprint density at radius 2 is 1.96 bits per heavy atom. The van der Waals surface area contributed by atoms with Gasteiger partial charge in [0.1, 0.15) is 11.4 Å². The third kappa shape index (κ3) is 2.93. The van der Waals surface area contributed by atoms with E-state index in [2.05, 4.69) is 15.2 Å². The van der Waals surface area contributed by atoms with Crippen molar-refractivity contribution in [1.82, 2.24) is 20.1 Å². The molecular formula is C20H19N5O3. The summed E-state index contributed by atoms with van der Waals surface area (Å²) in [6.07, 6.45) is 0.302. The third-order valence-corrected chi connectivity index (χ3v) is 4.98. The Kier molecular flexibility index (Phi) is 4.20. The highest BCUT2D eigenvalue weighted by molar-refractivity contribution is 5.91. The van der Waals surface area contributed by atoms with Gasteiger partial charge in [-0.2, -0.15) is 5.10 Å². The number of primary amides is 1. The molecule has 0 radical (unpaired) electrons.